The molecule has 0 fully saturated rings. The zero-order chi connectivity index (χ0) is 23.8. The molecular formula is C26H28O6Sn. The van der Waals surface area contributed by atoms with Crippen molar-refractivity contribution in [1.29, 1.82) is 0 Å². The normalized spacial score (nSPS) is 15.5. The van der Waals surface area contributed by atoms with E-state index < -0.39 is 53.9 Å². The van der Waals surface area contributed by atoms with Gasteiger partial charge < -0.3 is 0 Å². The molecule has 0 saturated heterocycles. The minimum absolute atomic E-state index is 0.195. The number of rotatable bonds is 10. The Kier molecular flexibility index (Phi) is 8.60. The van der Waals surface area contributed by atoms with Crippen molar-refractivity contribution in [2.45, 2.75) is 48.4 Å². The van der Waals surface area contributed by atoms with Gasteiger partial charge in [-0.25, -0.2) is 0 Å². The van der Waals surface area contributed by atoms with Crippen LogP contribution in [0.2, 0.25) is 8.87 Å². The zero-order valence-corrected chi connectivity index (χ0v) is 21.8. The van der Waals surface area contributed by atoms with Crippen molar-refractivity contribution in [2.75, 3.05) is 0 Å². The Labute approximate surface area is 198 Å². The van der Waals surface area contributed by atoms with E-state index in [1.54, 1.807) is 36.4 Å². The van der Waals surface area contributed by atoms with Crippen molar-refractivity contribution < 1.29 is 25.3 Å². The third kappa shape index (κ3) is 5.79. The van der Waals surface area contributed by atoms with Gasteiger partial charge in [0.15, 0.2) is 0 Å². The second kappa shape index (κ2) is 11.4. The van der Waals surface area contributed by atoms with E-state index in [2.05, 4.69) is 0 Å². The Balaban J connectivity index is 2.15. The third-order valence-electron chi connectivity index (χ3n) is 5.56. The van der Waals surface area contributed by atoms with Crippen LogP contribution in [-0.2, 0) is 15.7 Å². The van der Waals surface area contributed by atoms with E-state index in [4.69, 9.17) is 6.15 Å². The summed E-state index contributed by atoms with van der Waals surface area (Å²) < 4.78 is 12.9. The van der Waals surface area contributed by atoms with Crippen LogP contribution in [-0.4, -0.2) is 42.7 Å². The molecule has 0 amide bonds. The summed E-state index contributed by atoms with van der Waals surface area (Å²) in [6.07, 6.45) is 3.17. The van der Waals surface area contributed by atoms with Crippen LogP contribution in [0.1, 0.15) is 60.2 Å². The van der Waals surface area contributed by atoms with E-state index >= 15 is 0 Å². The van der Waals surface area contributed by atoms with Gasteiger partial charge in [0.25, 0.3) is 0 Å². The standard InChI is InChI=1S/C18H12O6.2C4H9.Sn/c19-15(11-7-3-1-4-8-11)13(17(21)22)14(18(23)24)16(20)12-9-5-2-6-10-12;2*1-3-4-2;/h1-10H,(H,21,22)(H,23,24);2*1,3-4H2,2H3;/q;;;+2/p-2. The fourth-order valence-electron chi connectivity index (χ4n) is 3.77. The van der Waals surface area contributed by atoms with E-state index in [9.17, 15) is 19.2 Å². The summed E-state index contributed by atoms with van der Waals surface area (Å²) in [7, 11) is 0. The number of carbonyl (C=O) groups is 4. The molecule has 0 spiro atoms. The number of Topliss-reactive ketones (excluding diaryl/α,β-unsaturated/α-hetero) is 2. The molecule has 1 aliphatic heterocycles. The van der Waals surface area contributed by atoms with Crippen LogP contribution in [0.4, 0.5) is 0 Å². The summed E-state index contributed by atoms with van der Waals surface area (Å²) in [6.45, 7) is 4.01. The average Bonchev–Trinajstić information content (AvgIpc) is 2.95. The van der Waals surface area contributed by atoms with E-state index in [1.165, 1.54) is 24.3 Å². The second-order valence-electron chi connectivity index (χ2n) is 8.04. The summed E-state index contributed by atoms with van der Waals surface area (Å²) >= 11 is -4.25. The van der Waals surface area contributed by atoms with Crippen LogP contribution >= 0.6 is 0 Å². The van der Waals surface area contributed by atoms with Crippen molar-refractivity contribution in [2.24, 2.45) is 0 Å². The first-order valence-electron chi connectivity index (χ1n) is 11.3. The number of hydrogen-bond acceptors (Lipinski definition) is 6. The first-order chi connectivity index (χ1) is 15.9. The summed E-state index contributed by atoms with van der Waals surface area (Å²) in [4.78, 5) is 53.7. The van der Waals surface area contributed by atoms with Crippen molar-refractivity contribution in [3.8, 4) is 0 Å². The number of benzene rings is 2. The van der Waals surface area contributed by atoms with Gasteiger partial charge in [-0.05, 0) is 0 Å². The Hall–Kier alpha value is -2.74. The van der Waals surface area contributed by atoms with E-state index in [1.807, 2.05) is 13.8 Å². The number of unbranched alkanes of at least 4 members (excludes halogenated alkanes) is 2. The summed E-state index contributed by atoms with van der Waals surface area (Å²) in [5, 5.41) is 0. The second-order valence-corrected chi connectivity index (χ2v) is 17.3. The van der Waals surface area contributed by atoms with E-state index in [0.717, 1.165) is 25.7 Å². The minimum atomic E-state index is -4.25. The van der Waals surface area contributed by atoms with Crippen molar-refractivity contribution in [3.63, 3.8) is 0 Å². The molecule has 0 saturated carbocycles. The Morgan fingerprint density at radius 1 is 0.667 bits per heavy atom. The molecule has 0 radical (unpaired) electrons. The average molecular weight is 555 g/mol. The number of hydrogen-bond donors (Lipinski definition) is 0. The molecule has 0 N–H and O–H groups in total. The maximum absolute atomic E-state index is 13.4. The molecule has 0 atom stereocenters. The molecule has 3 rings (SSSR count). The molecule has 0 unspecified atom stereocenters. The van der Waals surface area contributed by atoms with Crippen molar-refractivity contribution >= 4 is 42.7 Å². The van der Waals surface area contributed by atoms with Gasteiger partial charge in [0.2, 0.25) is 0 Å². The first kappa shape index (κ1) is 24.9. The van der Waals surface area contributed by atoms with E-state index in [0.29, 0.717) is 8.87 Å². The predicted octanol–water partition coefficient (Wildman–Crippen LogP) is 5.19. The van der Waals surface area contributed by atoms with Crippen LogP contribution in [0.5, 0.6) is 0 Å². The van der Waals surface area contributed by atoms with Gasteiger partial charge in [-0.15, -0.1) is 0 Å². The van der Waals surface area contributed by atoms with Crippen LogP contribution in [0.3, 0.4) is 0 Å². The molecular weight excluding hydrogens is 527 g/mol. The Bertz CT molecular complexity index is 973. The van der Waals surface area contributed by atoms with Crippen LogP contribution in [0, 0.1) is 0 Å². The molecule has 7 heteroatoms. The quantitative estimate of drug-likeness (QED) is 0.228. The Morgan fingerprint density at radius 3 is 1.36 bits per heavy atom. The molecule has 172 valence electrons. The van der Waals surface area contributed by atoms with Crippen LogP contribution < -0.4 is 0 Å². The zero-order valence-electron chi connectivity index (χ0n) is 19.0. The van der Waals surface area contributed by atoms with Gasteiger partial charge in [-0.1, -0.05) is 0 Å². The fourth-order valence-corrected chi connectivity index (χ4v) is 13.4. The molecule has 6 nitrogen and oxygen atoms in total. The molecule has 0 bridgehead atoms. The van der Waals surface area contributed by atoms with Gasteiger partial charge in [-0.2, -0.15) is 0 Å². The van der Waals surface area contributed by atoms with Gasteiger partial charge in [0.05, 0.1) is 0 Å². The molecule has 33 heavy (non-hydrogen) atoms. The number of carbonyl (C=O) groups excluding carboxylic acids is 4. The first-order valence-corrected chi connectivity index (χ1v) is 17.7. The monoisotopic (exact) mass is 556 g/mol. The molecule has 1 heterocycles. The molecule has 0 aliphatic carbocycles. The number of ketones is 2. The summed E-state index contributed by atoms with van der Waals surface area (Å²) in [5.41, 5.74) is -0.681. The molecule has 1 aliphatic rings. The van der Waals surface area contributed by atoms with Gasteiger partial charge in [0, 0.05) is 0 Å². The molecule has 0 aromatic heterocycles. The Morgan fingerprint density at radius 2 is 1.03 bits per heavy atom. The third-order valence-corrected chi connectivity index (χ3v) is 15.1. The maximum atomic E-state index is 13.4. The van der Waals surface area contributed by atoms with Crippen LogP contribution in [0.15, 0.2) is 71.8 Å². The summed E-state index contributed by atoms with van der Waals surface area (Å²) in [5.74, 6) is -3.27. The van der Waals surface area contributed by atoms with Gasteiger partial charge in [-0.3, -0.25) is 0 Å². The van der Waals surface area contributed by atoms with Crippen LogP contribution in [0.25, 0.3) is 0 Å². The van der Waals surface area contributed by atoms with Gasteiger partial charge in [0.1, 0.15) is 0 Å². The topological polar surface area (TPSA) is 86.7 Å². The summed E-state index contributed by atoms with van der Waals surface area (Å²) in [6, 6.07) is 16.2. The SMILES string of the molecule is CCC[CH2][Sn]1([CH2]CCC)[O]C(=O)C(C(=O)c2ccccc2)=C(C(=O)c2ccccc2)C(=O)[O]1. The van der Waals surface area contributed by atoms with Crippen molar-refractivity contribution in [3.05, 3.63) is 82.9 Å². The van der Waals surface area contributed by atoms with E-state index in [-0.39, 0.29) is 11.1 Å². The fraction of sp³-hybridized carbons (Fsp3) is 0.308. The van der Waals surface area contributed by atoms with Crippen molar-refractivity contribution in [1.82, 2.24) is 0 Å². The molecule has 2 aromatic rings. The predicted molar refractivity (Wildman–Crippen MR) is 126 cm³/mol. The van der Waals surface area contributed by atoms with Gasteiger partial charge >= 0.3 is 199 Å². The molecule has 2 aromatic carbocycles.